The Morgan fingerprint density at radius 2 is 0.731 bits per heavy atom. The van der Waals surface area contributed by atoms with E-state index in [-0.39, 0.29) is 0 Å². The molecule has 2 heteroatoms. The Morgan fingerprint density at radius 1 is 0.423 bits per heavy atom. The summed E-state index contributed by atoms with van der Waals surface area (Å²) in [5.41, 5.74) is 0. The van der Waals surface area contributed by atoms with E-state index in [0.29, 0.717) is 15.2 Å². The zero-order valence-electron chi connectivity index (χ0n) is 19.3. The molecule has 0 amide bonds. The monoisotopic (exact) mass is 431 g/mol. The van der Waals surface area contributed by atoms with Gasteiger partial charge in [0.15, 0.2) is 0 Å². The Hall–Kier alpha value is 1.16. The zero-order chi connectivity index (χ0) is 19.6. The van der Waals surface area contributed by atoms with Gasteiger partial charge in [0, 0.05) is 0 Å². The van der Waals surface area contributed by atoms with Gasteiger partial charge in [-0.25, -0.2) is 0 Å². The molecule has 0 N–H and O–H groups in total. The van der Waals surface area contributed by atoms with Crippen molar-refractivity contribution in [3.8, 4) is 0 Å². The predicted octanol–water partition coefficient (Wildman–Crippen LogP) is 9.29. The van der Waals surface area contributed by atoms with Gasteiger partial charge >= 0.3 is 68.8 Å². The molecule has 0 saturated carbocycles. The first-order valence-electron chi connectivity index (χ1n) is 12.6. The maximum atomic E-state index is 2.30. The molecule has 0 nitrogen and oxygen atoms in total. The van der Waals surface area contributed by atoms with E-state index < -0.39 is 0 Å². The van der Waals surface area contributed by atoms with Crippen LogP contribution in [0.4, 0.5) is 0 Å². The molecule has 0 fully saturated rings. The standard InChI is InChI=1S/3C8H17.Al.Zn.H/c3*1-3-5-7-8-6-4-2;;;/h3*1,3-8H2,2H3;;;. The van der Waals surface area contributed by atoms with Crippen LogP contribution in [0.15, 0.2) is 0 Å². The maximum absolute atomic E-state index is 2.30. The van der Waals surface area contributed by atoms with Crippen LogP contribution in [0.2, 0.25) is 15.6 Å². The van der Waals surface area contributed by atoms with Crippen LogP contribution < -0.4 is 0 Å². The van der Waals surface area contributed by atoms with Crippen molar-refractivity contribution < 1.29 is 18.3 Å². The van der Waals surface area contributed by atoms with Gasteiger partial charge in [0.05, 0.1) is 0 Å². The molecule has 0 spiro atoms. The van der Waals surface area contributed by atoms with Crippen LogP contribution in [0.1, 0.15) is 136 Å². The van der Waals surface area contributed by atoms with Gasteiger partial charge in [-0.15, -0.1) is 0 Å². The first kappa shape index (κ1) is 29.4. The summed E-state index contributed by atoms with van der Waals surface area (Å²) in [4.78, 5) is 0. The van der Waals surface area contributed by atoms with Crippen molar-refractivity contribution in [3.63, 3.8) is 0 Å². The summed E-state index contributed by atoms with van der Waals surface area (Å²) in [6.45, 7) is 6.87. The summed E-state index contributed by atoms with van der Waals surface area (Å²) in [5, 5.41) is 4.74. The Kier molecular flexibility index (Phi) is 34.9. The molecule has 0 aliphatic carbocycles. The Morgan fingerprint density at radius 3 is 1.08 bits per heavy atom. The van der Waals surface area contributed by atoms with E-state index in [1.54, 1.807) is 23.4 Å². The SMILES string of the molecule is CCCCCCC[CH2][AlH][CH2]CCCCCCC.CCCCCCC[CH2][Zn]. The van der Waals surface area contributed by atoms with Crippen molar-refractivity contribution in [2.75, 3.05) is 0 Å². The van der Waals surface area contributed by atoms with Crippen LogP contribution in [0.3, 0.4) is 0 Å². The van der Waals surface area contributed by atoms with Crippen LogP contribution in [0.5, 0.6) is 0 Å². The minimum atomic E-state index is 0.332. The first-order valence-corrected chi connectivity index (χ1v) is 16.7. The van der Waals surface area contributed by atoms with Gasteiger partial charge in [-0.1, -0.05) is 101 Å². The van der Waals surface area contributed by atoms with Gasteiger partial charge in [-0.3, -0.25) is 0 Å². The van der Waals surface area contributed by atoms with E-state index in [9.17, 15) is 0 Å². The molecule has 0 radical (unpaired) electrons. The van der Waals surface area contributed by atoms with Crippen molar-refractivity contribution in [1.82, 2.24) is 0 Å². The molecular formula is C24H52AlZn. The third-order valence-corrected chi connectivity index (χ3v) is 8.36. The molecule has 0 aromatic rings. The number of unbranched alkanes of at least 4 members (excludes halogenated alkanes) is 15. The van der Waals surface area contributed by atoms with Crippen molar-refractivity contribution >= 4 is 15.2 Å². The molecule has 0 unspecified atom stereocenters. The quantitative estimate of drug-likeness (QED) is 0.133. The second-order valence-corrected chi connectivity index (χ2v) is 11.8. The van der Waals surface area contributed by atoms with Crippen molar-refractivity contribution in [2.45, 2.75) is 152 Å². The molecule has 0 atom stereocenters. The molecule has 26 heavy (non-hydrogen) atoms. The Labute approximate surface area is 184 Å². The molecule has 153 valence electrons. The number of hydrogen-bond donors (Lipinski definition) is 0. The molecule has 0 saturated heterocycles. The summed E-state index contributed by atoms with van der Waals surface area (Å²) in [5.74, 6) is 0. The molecule has 0 aliphatic rings. The van der Waals surface area contributed by atoms with E-state index in [1.807, 2.05) is 0 Å². The fraction of sp³-hybridized carbons (Fsp3) is 1.00. The second kappa shape index (κ2) is 30.9. The summed E-state index contributed by atoms with van der Waals surface area (Å²) in [7, 11) is 0. The normalized spacial score (nSPS) is 10.5. The van der Waals surface area contributed by atoms with E-state index >= 15 is 0 Å². The van der Waals surface area contributed by atoms with Gasteiger partial charge < -0.3 is 0 Å². The average Bonchev–Trinajstić information content (AvgIpc) is 2.66. The molecule has 0 aromatic carbocycles. The summed E-state index contributed by atoms with van der Waals surface area (Å²) >= 11 is 1.83. The van der Waals surface area contributed by atoms with Crippen LogP contribution in [-0.4, -0.2) is 15.2 Å². The van der Waals surface area contributed by atoms with Crippen molar-refractivity contribution in [3.05, 3.63) is 0 Å². The van der Waals surface area contributed by atoms with E-state index in [1.165, 1.54) is 126 Å². The fourth-order valence-electron chi connectivity index (χ4n) is 3.40. The van der Waals surface area contributed by atoms with Crippen LogP contribution in [-0.2, 0) is 18.3 Å². The predicted molar refractivity (Wildman–Crippen MR) is 122 cm³/mol. The van der Waals surface area contributed by atoms with Crippen LogP contribution in [0, 0.1) is 0 Å². The average molecular weight is 433 g/mol. The second-order valence-electron chi connectivity index (χ2n) is 8.22. The molecule has 0 rings (SSSR count). The van der Waals surface area contributed by atoms with E-state index in [2.05, 4.69) is 20.8 Å². The van der Waals surface area contributed by atoms with Gasteiger partial charge in [0.25, 0.3) is 0 Å². The number of hydrogen-bond acceptors (Lipinski definition) is 0. The van der Waals surface area contributed by atoms with Crippen LogP contribution >= 0.6 is 0 Å². The van der Waals surface area contributed by atoms with Gasteiger partial charge in [0.2, 0.25) is 15.2 Å². The Balaban J connectivity index is 0. The molecule has 0 heterocycles. The minimum absolute atomic E-state index is 0.332. The third kappa shape index (κ3) is 32.8. The van der Waals surface area contributed by atoms with E-state index in [4.69, 9.17) is 0 Å². The molecule has 0 aromatic heterocycles. The summed E-state index contributed by atoms with van der Waals surface area (Å²) in [6.07, 6.45) is 26.5. The number of rotatable bonds is 20. The molecular weight excluding hydrogens is 381 g/mol. The van der Waals surface area contributed by atoms with Crippen molar-refractivity contribution in [1.29, 1.82) is 0 Å². The topological polar surface area (TPSA) is 0 Å². The van der Waals surface area contributed by atoms with E-state index in [0.717, 1.165) is 0 Å². The first-order chi connectivity index (χ1) is 12.8. The van der Waals surface area contributed by atoms with Gasteiger partial charge in [-0.05, 0) is 0 Å². The summed E-state index contributed by atoms with van der Waals surface area (Å²) in [6, 6.07) is 0. The van der Waals surface area contributed by atoms with Crippen molar-refractivity contribution in [2.24, 2.45) is 0 Å². The summed E-state index contributed by atoms with van der Waals surface area (Å²) < 4.78 is 0. The Bertz CT molecular complexity index is 188. The fourth-order valence-corrected chi connectivity index (χ4v) is 5.91. The van der Waals surface area contributed by atoms with Gasteiger partial charge in [0.1, 0.15) is 0 Å². The van der Waals surface area contributed by atoms with Gasteiger partial charge in [-0.2, -0.15) is 0 Å². The molecule has 0 bridgehead atoms. The van der Waals surface area contributed by atoms with Crippen LogP contribution in [0.25, 0.3) is 0 Å². The third-order valence-electron chi connectivity index (χ3n) is 5.31. The molecule has 0 aliphatic heterocycles. The zero-order valence-corrected chi connectivity index (χ0v) is 23.6.